The average molecular weight is 408 g/mol. The molecule has 0 unspecified atom stereocenters. The zero-order valence-electron chi connectivity index (χ0n) is 11.4. The van der Waals surface area contributed by atoms with E-state index in [1.807, 2.05) is 19.1 Å². The molecule has 0 atom stereocenters. The second-order valence-corrected chi connectivity index (χ2v) is 5.86. The zero-order valence-corrected chi connectivity index (χ0v) is 14.5. The predicted octanol–water partition coefficient (Wildman–Crippen LogP) is 3.81. The third-order valence-corrected chi connectivity index (χ3v) is 3.62. The van der Waals surface area contributed by atoms with Gasteiger partial charge in [0.2, 0.25) is 5.78 Å². The standard InChI is InChI=1S/C14H16Br2O4/c1-3-19-14(18)12(17)5-4-6-20-13-10(15)7-9(2)8-11(13)16/h7-8H,3-6H2,1-2H3. The van der Waals surface area contributed by atoms with E-state index in [0.29, 0.717) is 18.8 Å². The third-order valence-electron chi connectivity index (χ3n) is 2.44. The van der Waals surface area contributed by atoms with Crippen LogP contribution in [0.2, 0.25) is 0 Å². The van der Waals surface area contributed by atoms with Crippen LogP contribution in [-0.2, 0) is 14.3 Å². The summed E-state index contributed by atoms with van der Waals surface area (Å²) in [5, 5.41) is 0. The minimum absolute atomic E-state index is 0.125. The van der Waals surface area contributed by atoms with E-state index in [2.05, 4.69) is 36.6 Å². The predicted molar refractivity (Wildman–Crippen MR) is 82.9 cm³/mol. The lowest BCUT2D eigenvalue weighted by atomic mass is 10.2. The Labute approximate surface area is 135 Å². The molecule has 0 aliphatic carbocycles. The van der Waals surface area contributed by atoms with Crippen molar-refractivity contribution in [1.29, 1.82) is 0 Å². The molecule has 1 aromatic carbocycles. The average Bonchev–Trinajstić information content (AvgIpc) is 2.36. The number of benzene rings is 1. The zero-order chi connectivity index (χ0) is 15.1. The van der Waals surface area contributed by atoms with Gasteiger partial charge in [0, 0.05) is 6.42 Å². The molecule has 0 aromatic heterocycles. The van der Waals surface area contributed by atoms with Crippen molar-refractivity contribution in [3.8, 4) is 5.75 Å². The number of rotatable bonds is 7. The van der Waals surface area contributed by atoms with E-state index < -0.39 is 11.8 Å². The van der Waals surface area contributed by atoms with E-state index in [1.54, 1.807) is 6.92 Å². The fourth-order valence-electron chi connectivity index (χ4n) is 1.55. The summed E-state index contributed by atoms with van der Waals surface area (Å²) in [5.74, 6) is -0.595. The van der Waals surface area contributed by atoms with Gasteiger partial charge in [0.05, 0.1) is 22.2 Å². The Balaban J connectivity index is 2.42. The maximum Gasteiger partial charge on any atom is 0.374 e. The van der Waals surface area contributed by atoms with Gasteiger partial charge in [0.1, 0.15) is 5.75 Å². The van der Waals surface area contributed by atoms with Crippen molar-refractivity contribution in [1.82, 2.24) is 0 Å². The van der Waals surface area contributed by atoms with E-state index in [4.69, 9.17) is 4.74 Å². The number of ketones is 1. The number of halogens is 2. The molecule has 20 heavy (non-hydrogen) atoms. The molecule has 0 saturated carbocycles. The van der Waals surface area contributed by atoms with Crippen molar-refractivity contribution in [2.24, 2.45) is 0 Å². The fourth-order valence-corrected chi connectivity index (χ4v) is 3.19. The van der Waals surface area contributed by atoms with Crippen molar-refractivity contribution in [3.63, 3.8) is 0 Å². The molecule has 110 valence electrons. The molecule has 4 nitrogen and oxygen atoms in total. The van der Waals surface area contributed by atoms with Gasteiger partial charge in [-0.15, -0.1) is 0 Å². The van der Waals surface area contributed by atoms with Crippen LogP contribution in [0.5, 0.6) is 5.75 Å². The second-order valence-electron chi connectivity index (χ2n) is 4.15. The highest BCUT2D eigenvalue weighted by molar-refractivity contribution is 9.11. The first kappa shape index (κ1) is 17.2. The number of esters is 1. The monoisotopic (exact) mass is 406 g/mol. The summed E-state index contributed by atoms with van der Waals surface area (Å²) in [7, 11) is 0. The highest BCUT2D eigenvalue weighted by Crippen LogP contribution is 2.34. The maximum atomic E-state index is 11.4. The van der Waals surface area contributed by atoms with Gasteiger partial charge < -0.3 is 9.47 Å². The van der Waals surface area contributed by atoms with Crippen molar-refractivity contribution in [3.05, 3.63) is 26.6 Å². The number of Topliss-reactive ketones (excluding diaryl/α,β-unsaturated/α-hetero) is 1. The van der Waals surface area contributed by atoms with Gasteiger partial charge in [-0.3, -0.25) is 4.79 Å². The summed E-state index contributed by atoms with van der Waals surface area (Å²) < 4.78 is 11.9. The number of carbonyl (C=O) groups is 2. The first-order valence-corrected chi connectivity index (χ1v) is 7.82. The van der Waals surface area contributed by atoms with Crippen LogP contribution in [-0.4, -0.2) is 25.0 Å². The van der Waals surface area contributed by atoms with Gasteiger partial charge in [-0.05, 0) is 69.8 Å². The first-order valence-electron chi connectivity index (χ1n) is 6.24. The molecule has 0 bridgehead atoms. The Hall–Kier alpha value is -0.880. The van der Waals surface area contributed by atoms with Crippen LogP contribution < -0.4 is 4.74 Å². The molecule has 1 rings (SSSR count). The van der Waals surface area contributed by atoms with Crippen LogP contribution in [0.25, 0.3) is 0 Å². The van der Waals surface area contributed by atoms with Crippen LogP contribution in [0.15, 0.2) is 21.1 Å². The molecular weight excluding hydrogens is 392 g/mol. The summed E-state index contributed by atoms with van der Waals surface area (Å²) in [5.41, 5.74) is 1.11. The molecule has 0 amide bonds. The van der Waals surface area contributed by atoms with Crippen LogP contribution in [0.4, 0.5) is 0 Å². The third kappa shape index (κ3) is 5.25. The van der Waals surface area contributed by atoms with E-state index in [0.717, 1.165) is 14.5 Å². The maximum absolute atomic E-state index is 11.4. The molecule has 0 aliphatic heterocycles. The minimum Gasteiger partial charge on any atom is -0.491 e. The normalized spacial score (nSPS) is 10.2. The van der Waals surface area contributed by atoms with Crippen molar-refractivity contribution in [2.75, 3.05) is 13.2 Å². The lowest BCUT2D eigenvalue weighted by Gasteiger charge is -2.10. The highest BCUT2D eigenvalue weighted by Gasteiger charge is 2.14. The van der Waals surface area contributed by atoms with E-state index >= 15 is 0 Å². The largest absolute Gasteiger partial charge is 0.491 e. The van der Waals surface area contributed by atoms with E-state index in [-0.39, 0.29) is 13.0 Å². The molecule has 0 fully saturated rings. The summed E-state index contributed by atoms with van der Waals surface area (Å²) in [6, 6.07) is 3.90. The lowest BCUT2D eigenvalue weighted by Crippen LogP contribution is -2.17. The van der Waals surface area contributed by atoms with Crippen molar-refractivity contribution < 1.29 is 19.1 Å². The fraction of sp³-hybridized carbons (Fsp3) is 0.429. The SMILES string of the molecule is CCOC(=O)C(=O)CCCOc1c(Br)cc(C)cc1Br. The number of hydrogen-bond acceptors (Lipinski definition) is 4. The summed E-state index contributed by atoms with van der Waals surface area (Å²) in [6.45, 7) is 4.22. The number of carbonyl (C=O) groups excluding carboxylic acids is 2. The van der Waals surface area contributed by atoms with Gasteiger partial charge in [-0.2, -0.15) is 0 Å². The molecule has 0 saturated heterocycles. The van der Waals surface area contributed by atoms with E-state index in [1.165, 1.54) is 0 Å². The molecule has 0 spiro atoms. The molecule has 0 aliphatic rings. The number of hydrogen-bond donors (Lipinski definition) is 0. The Bertz CT molecular complexity index is 477. The molecule has 0 radical (unpaired) electrons. The van der Waals surface area contributed by atoms with Crippen LogP contribution in [0.1, 0.15) is 25.3 Å². The van der Waals surface area contributed by atoms with Gasteiger partial charge in [-0.1, -0.05) is 0 Å². The quantitative estimate of drug-likeness (QED) is 0.391. The topological polar surface area (TPSA) is 52.6 Å². The molecule has 1 aromatic rings. The lowest BCUT2D eigenvalue weighted by molar-refractivity contribution is -0.153. The Kier molecular flexibility index (Phi) is 7.23. The summed E-state index contributed by atoms with van der Waals surface area (Å²) >= 11 is 6.85. The van der Waals surface area contributed by atoms with Gasteiger partial charge in [0.15, 0.2) is 0 Å². The number of ether oxygens (including phenoxy) is 2. The van der Waals surface area contributed by atoms with E-state index in [9.17, 15) is 9.59 Å². The second kappa shape index (κ2) is 8.42. The summed E-state index contributed by atoms with van der Waals surface area (Å²) in [4.78, 5) is 22.5. The van der Waals surface area contributed by atoms with Gasteiger partial charge in [-0.25, -0.2) is 4.79 Å². The summed E-state index contributed by atoms with van der Waals surface area (Å²) in [6.07, 6.45) is 0.588. The van der Waals surface area contributed by atoms with Gasteiger partial charge >= 0.3 is 5.97 Å². The highest BCUT2D eigenvalue weighted by atomic mass is 79.9. The van der Waals surface area contributed by atoms with Crippen molar-refractivity contribution >= 4 is 43.6 Å². The minimum atomic E-state index is -0.773. The molecular formula is C14H16Br2O4. The Morgan fingerprint density at radius 1 is 1.20 bits per heavy atom. The van der Waals surface area contributed by atoms with Crippen LogP contribution in [0, 0.1) is 6.92 Å². The molecule has 6 heteroatoms. The molecule has 0 heterocycles. The van der Waals surface area contributed by atoms with Crippen molar-refractivity contribution in [2.45, 2.75) is 26.7 Å². The first-order chi connectivity index (χ1) is 9.45. The van der Waals surface area contributed by atoms with Crippen LogP contribution >= 0.6 is 31.9 Å². The Morgan fingerprint density at radius 2 is 1.80 bits per heavy atom. The smallest absolute Gasteiger partial charge is 0.374 e. The van der Waals surface area contributed by atoms with Gasteiger partial charge in [0.25, 0.3) is 0 Å². The Morgan fingerprint density at radius 3 is 2.35 bits per heavy atom. The number of aryl methyl sites for hydroxylation is 1. The molecule has 0 N–H and O–H groups in total. The van der Waals surface area contributed by atoms with Crippen LogP contribution in [0.3, 0.4) is 0 Å².